The van der Waals surface area contributed by atoms with Crippen LogP contribution in [0.3, 0.4) is 0 Å². The Labute approximate surface area is 233 Å². The quantitative estimate of drug-likeness (QED) is 0.462. The highest BCUT2D eigenvalue weighted by atomic mass is 35.5. The van der Waals surface area contributed by atoms with Crippen LogP contribution in [0.2, 0.25) is 5.02 Å². The second-order valence-corrected chi connectivity index (χ2v) is 13.5. The lowest BCUT2D eigenvalue weighted by Crippen LogP contribution is -2.56. The lowest BCUT2D eigenvalue weighted by Gasteiger charge is -2.51. The minimum absolute atomic E-state index is 0.0166. The van der Waals surface area contributed by atoms with Crippen molar-refractivity contribution in [2.45, 2.75) is 95.6 Å². The zero-order valence-corrected chi connectivity index (χ0v) is 24.3. The molecule has 3 atom stereocenters. The highest BCUT2D eigenvalue weighted by Crippen LogP contribution is 2.48. The molecule has 2 aliphatic heterocycles. The molecular weight excluding hydrogens is 498 g/mol. The standard InChI is InChI=1S/C31H46ClN3O3/c1-30(2)21-38-29(37)35(30)20-31(23-7-5-4-6-8-23)15-17-34(18-16-31)28(36)27-19-25(33-3)13-14-26(27)22-9-11-24(32)12-10-22/h9-12,23,25-27,33H,4-8,13-21H2,1-3H3/t25?,26?,27-/m1/s1. The number of halogens is 1. The Kier molecular flexibility index (Phi) is 8.31. The predicted octanol–water partition coefficient (Wildman–Crippen LogP) is 6.23. The van der Waals surface area contributed by atoms with Gasteiger partial charge in [-0.05, 0) is 101 Å². The maximum Gasteiger partial charge on any atom is 0.410 e. The van der Waals surface area contributed by atoms with Gasteiger partial charge < -0.3 is 15.0 Å². The lowest BCUT2D eigenvalue weighted by atomic mass is 9.63. The van der Waals surface area contributed by atoms with Crippen LogP contribution in [-0.4, -0.2) is 66.7 Å². The van der Waals surface area contributed by atoms with Crippen LogP contribution in [0.1, 0.15) is 89.5 Å². The lowest BCUT2D eigenvalue weighted by molar-refractivity contribution is -0.141. The molecule has 1 aromatic rings. The Morgan fingerprint density at radius 2 is 1.74 bits per heavy atom. The number of cyclic esters (lactones) is 1. The van der Waals surface area contributed by atoms with Crippen molar-refractivity contribution in [1.29, 1.82) is 0 Å². The summed E-state index contributed by atoms with van der Waals surface area (Å²) in [6, 6.07) is 8.49. The molecule has 1 N–H and O–H groups in total. The molecule has 2 saturated carbocycles. The van der Waals surface area contributed by atoms with Crippen LogP contribution in [0.5, 0.6) is 0 Å². The molecule has 0 bridgehead atoms. The maximum absolute atomic E-state index is 14.1. The van der Waals surface area contributed by atoms with Gasteiger partial charge in [0.25, 0.3) is 0 Å². The number of carbonyl (C=O) groups excluding carboxylic acids is 2. The molecule has 1 aromatic carbocycles. The second kappa shape index (κ2) is 11.4. The van der Waals surface area contributed by atoms with Gasteiger partial charge in [-0.2, -0.15) is 0 Å². The van der Waals surface area contributed by atoms with Gasteiger partial charge in [0.05, 0.1) is 5.54 Å². The van der Waals surface area contributed by atoms with Gasteiger partial charge in [-0.25, -0.2) is 4.79 Å². The molecular formula is C31H46ClN3O3. The zero-order valence-electron chi connectivity index (χ0n) is 23.5. The van der Waals surface area contributed by atoms with E-state index in [9.17, 15) is 9.59 Å². The van der Waals surface area contributed by atoms with Crippen LogP contribution < -0.4 is 5.32 Å². The van der Waals surface area contributed by atoms with Gasteiger partial charge in [0.1, 0.15) is 6.61 Å². The number of rotatable bonds is 6. The van der Waals surface area contributed by atoms with Gasteiger partial charge in [-0.3, -0.25) is 9.69 Å². The summed E-state index contributed by atoms with van der Waals surface area (Å²) < 4.78 is 5.48. The van der Waals surface area contributed by atoms with E-state index in [1.54, 1.807) is 0 Å². The Bertz CT molecular complexity index is 983. The molecule has 0 radical (unpaired) electrons. The minimum Gasteiger partial charge on any atom is -0.447 e. The molecule has 5 rings (SSSR count). The van der Waals surface area contributed by atoms with Crippen molar-refractivity contribution >= 4 is 23.6 Å². The third-order valence-corrected chi connectivity index (χ3v) is 10.6. The average molecular weight is 544 g/mol. The molecule has 210 valence electrons. The fraction of sp³-hybridized carbons (Fsp3) is 0.742. The largest absolute Gasteiger partial charge is 0.447 e. The molecule has 2 amide bonds. The number of likely N-dealkylation sites (tertiary alicyclic amines) is 1. The van der Waals surface area contributed by atoms with Crippen molar-refractivity contribution in [2.75, 3.05) is 33.3 Å². The Hall–Kier alpha value is -1.79. The Morgan fingerprint density at radius 1 is 1.05 bits per heavy atom. The number of carbonyl (C=O) groups is 2. The minimum atomic E-state index is -0.276. The predicted molar refractivity (Wildman–Crippen MR) is 151 cm³/mol. The van der Waals surface area contributed by atoms with Crippen molar-refractivity contribution in [2.24, 2.45) is 17.3 Å². The van der Waals surface area contributed by atoms with Crippen LogP contribution >= 0.6 is 11.6 Å². The summed E-state index contributed by atoms with van der Waals surface area (Å²) in [5.41, 5.74) is 1.01. The topological polar surface area (TPSA) is 61.9 Å². The molecule has 0 aromatic heterocycles. The van der Waals surface area contributed by atoms with E-state index in [1.807, 2.05) is 24.1 Å². The van der Waals surface area contributed by atoms with Crippen LogP contribution in [-0.2, 0) is 9.53 Å². The first-order valence-corrected chi connectivity index (χ1v) is 15.3. The van der Waals surface area contributed by atoms with Crippen LogP contribution in [0.15, 0.2) is 24.3 Å². The van der Waals surface area contributed by atoms with Gasteiger partial charge >= 0.3 is 6.09 Å². The summed E-state index contributed by atoms with van der Waals surface area (Å²) in [4.78, 5) is 31.0. The molecule has 0 spiro atoms. The first-order chi connectivity index (χ1) is 18.2. The molecule has 38 heavy (non-hydrogen) atoms. The highest BCUT2D eigenvalue weighted by molar-refractivity contribution is 6.30. The van der Waals surface area contributed by atoms with Crippen molar-refractivity contribution in [3.8, 4) is 0 Å². The fourth-order valence-corrected chi connectivity index (χ4v) is 7.99. The van der Waals surface area contributed by atoms with E-state index in [0.29, 0.717) is 24.5 Å². The summed E-state index contributed by atoms with van der Waals surface area (Å²) in [6.07, 6.45) is 11.1. The number of ether oxygens (including phenoxy) is 1. The van der Waals surface area contributed by atoms with Crippen molar-refractivity contribution < 1.29 is 14.3 Å². The molecule has 4 aliphatic rings. The third-order valence-electron chi connectivity index (χ3n) is 10.4. The first-order valence-electron chi connectivity index (χ1n) is 14.9. The van der Waals surface area contributed by atoms with Crippen molar-refractivity contribution in [3.05, 3.63) is 34.9 Å². The summed E-state index contributed by atoms with van der Waals surface area (Å²) in [6.45, 7) is 7.01. The number of benzene rings is 1. The molecule has 4 fully saturated rings. The number of hydrogen-bond donors (Lipinski definition) is 1. The average Bonchev–Trinajstić information content (AvgIpc) is 3.20. The van der Waals surface area contributed by atoms with Crippen LogP contribution in [0.4, 0.5) is 4.79 Å². The highest BCUT2D eigenvalue weighted by Gasteiger charge is 2.50. The number of nitrogens with zero attached hydrogens (tertiary/aromatic N) is 2. The summed E-state index contributed by atoms with van der Waals surface area (Å²) in [7, 11) is 2.01. The SMILES string of the molecule is CNC1CCC(c2ccc(Cl)cc2)[C@H](C(=O)N2CCC(CN3C(=O)OCC3(C)C)(C3CCCCC3)CC2)C1. The molecule has 2 saturated heterocycles. The van der Waals surface area contributed by atoms with Crippen molar-refractivity contribution in [1.82, 2.24) is 15.1 Å². The molecule has 2 heterocycles. The van der Waals surface area contributed by atoms with Gasteiger partial charge in [0.2, 0.25) is 5.91 Å². The molecule has 6 nitrogen and oxygen atoms in total. The maximum atomic E-state index is 14.1. The zero-order chi connectivity index (χ0) is 26.9. The molecule has 2 unspecified atom stereocenters. The van der Waals surface area contributed by atoms with Crippen molar-refractivity contribution in [3.63, 3.8) is 0 Å². The monoisotopic (exact) mass is 543 g/mol. The van der Waals surface area contributed by atoms with Crippen LogP contribution in [0.25, 0.3) is 0 Å². The van der Waals surface area contributed by atoms with Gasteiger partial charge in [0, 0.05) is 36.6 Å². The Morgan fingerprint density at radius 3 is 2.34 bits per heavy atom. The normalized spacial score (nSPS) is 29.8. The summed E-state index contributed by atoms with van der Waals surface area (Å²) >= 11 is 6.18. The molecule has 7 heteroatoms. The van der Waals surface area contributed by atoms with E-state index in [0.717, 1.165) is 56.8 Å². The van der Waals surface area contributed by atoms with Gasteiger partial charge in [-0.1, -0.05) is 43.0 Å². The van der Waals surface area contributed by atoms with Gasteiger partial charge in [0.15, 0.2) is 0 Å². The van der Waals surface area contributed by atoms with E-state index in [2.05, 4.69) is 36.2 Å². The third kappa shape index (κ3) is 5.58. The van der Waals surface area contributed by atoms with E-state index in [-0.39, 0.29) is 28.9 Å². The van der Waals surface area contributed by atoms with E-state index in [4.69, 9.17) is 16.3 Å². The second-order valence-electron chi connectivity index (χ2n) is 13.0. The molecule has 2 aliphatic carbocycles. The first kappa shape index (κ1) is 27.8. The number of piperidine rings is 1. The van der Waals surface area contributed by atoms with E-state index in [1.165, 1.54) is 37.7 Å². The summed E-state index contributed by atoms with van der Waals surface area (Å²) in [5.74, 6) is 1.14. The van der Waals surface area contributed by atoms with E-state index < -0.39 is 0 Å². The Balaban J connectivity index is 1.33. The number of hydrogen-bond acceptors (Lipinski definition) is 4. The van der Waals surface area contributed by atoms with E-state index >= 15 is 0 Å². The fourth-order valence-electron chi connectivity index (χ4n) is 7.87. The number of amides is 2. The van der Waals surface area contributed by atoms with Gasteiger partial charge in [-0.15, -0.1) is 0 Å². The smallest absolute Gasteiger partial charge is 0.410 e. The number of nitrogens with one attached hydrogen (secondary N) is 1. The van der Waals surface area contributed by atoms with Crippen LogP contribution in [0, 0.1) is 17.3 Å². The summed E-state index contributed by atoms with van der Waals surface area (Å²) in [5, 5.41) is 4.18.